The van der Waals surface area contributed by atoms with Crippen LogP contribution in [-0.4, -0.2) is 59.5 Å². The Kier molecular flexibility index (Phi) is 5.73. The van der Waals surface area contributed by atoms with Crippen molar-refractivity contribution in [2.24, 2.45) is 0 Å². The number of aromatic nitrogens is 2. The molecule has 1 fully saturated rings. The highest BCUT2D eigenvalue weighted by atomic mass is 32.2. The van der Waals surface area contributed by atoms with Crippen LogP contribution in [0.5, 0.6) is 0 Å². The zero-order valence-electron chi connectivity index (χ0n) is 14.9. The van der Waals surface area contributed by atoms with Crippen molar-refractivity contribution < 1.29 is 13.2 Å². The van der Waals surface area contributed by atoms with E-state index in [2.05, 4.69) is 5.10 Å². The average Bonchev–Trinajstić information content (AvgIpc) is 3.35. The van der Waals surface area contributed by atoms with Crippen LogP contribution < -0.4 is 0 Å². The zero-order chi connectivity index (χ0) is 18.6. The second-order valence-corrected chi connectivity index (χ2v) is 8.23. The second-order valence-electron chi connectivity index (χ2n) is 6.29. The van der Waals surface area contributed by atoms with Crippen LogP contribution in [0.1, 0.15) is 30.1 Å². The molecule has 2 heterocycles. The van der Waals surface area contributed by atoms with Gasteiger partial charge in [0.25, 0.3) is 5.91 Å². The summed E-state index contributed by atoms with van der Waals surface area (Å²) in [6, 6.07) is 8.16. The van der Waals surface area contributed by atoms with Gasteiger partial charge in [-0.25, -0.2) is 8.42 Å². The fraction of sp³-hybridized carbons (Fsp3) is 0.444. The Morgan fingerprint density at radius 1 is 1.23 bits per heavy atom. The summed E-state index contributed by atoms with van der Waals surface area (Å²) in [5, 5.41) is 4.10. The number of amides is 1. The third-order valence-electron chi connectivity index (χ3n) is 4.60. The molecule has 0 saturated carbocycles. The van der Waals surface area contributed by atoms with Crippen LogP contribution in [0, 0.1) is 0 Å². The van der Waals surface area contributed by atoms with Gasteiger partial charge in [-0.05, 0) is 37.1 Å². The average molecular weight is 376 g/mol. The highest BCUT2D eigenvalue weighted by Gasteiger charge is 2.25. The van der Waals surface area contributed by atoms with Crippen LogP contribution in [0.15, 0.2) is 47.6 Å². The first-order valence-corrected chi connectivity index (χ1v) is 10.3. The Labute approximate surface area is 154 Å². The molecular formula is C18H24N4O3S. The molecule has 1 amide bonds. The van der Waals surface area contributed by atoms with E-state index in [0.29, 0.717) is 25.2 Å². The van der Waals surface area contributed by atoms with E-state index in [1.165, 1.54) is 10.4 Å². The van der Waals surface area contributed by atoms with Gasteiger partial charge in [0.05, 0.1) is 11.4 Å². The lowest BCUT2D eigenvalue weighted by Gasteiger charge is -2.21. The van der Waals surface area contributed by atoms with Crippen LogP contribution in [0.25, 0.3) is 0 Å². The standard InChI is InChI=1S/C18H24N4O3S/c1-2-22(14-13-21-12-6-9-19-21)26(24,25)17-8-5-7-16(15-17)18(23)20-10-3-4-11-20/h5-9,12,15H,2-4,10-11,13-14H2,1H3. The minimum Gasteiger partial charge on any atom is -0.339 e. The van der Waals surface area contributed by atoms with E-state index in [9.17, 15) is 13.2 Å². The Balaban J connectivity index is 1.78. The molecule has 0 spiro atoms. The van der Waals surface area contributed by atoms with Crippen LogP contribution in [0.3, 0.4) is 0 Å². The topological polar surface area (TPSA) is 75.5 Å². The summed E-state index contributed by atoms with van der Waals surface area (Å²) in [6.45, 7) is 4.44. The van der Waals surface area contributed by atoms with Gasteiger partial charge in [0.15, 0.2) is 0 Å². The van der Waals surface area contributed by atoms with Gasteiger partial charge in [-0.15, -0.1) is 0 Å². The summed E-state index contributed by atoms with van der Waals surface area (Å²) >= 11 is 0. The van der Waals surface area contributed by atoms with Crippen molar-refractivity contribution in [2.45, 2.75) is 31.2 Å². The molecule has 0 atom stereocenters. The number of nitrogens with zero attached hydrogens (tertiary/aromatic N) is 4. The predicted molar refractivity (Wildman–Crippen MR) is 98.2 cm³/mol. The fourth-order valence-corrected chi connectivity index (χ4v) is 4.62. The number of sulfonamides is 1. The van der Waals surface area contributed by atoms with Gasteiger partial charge >= 0.3 is 0 Å². The van der Waals surface area contributed by atoms with E-state index in [0.717, 1.165) is 25.9 Å². The number of hydrogen-bond acceptors (Lipinski definition) is 4. The molecule has 2 aromatic rings. The molecule has 8 heteroatoms. The molecule has 7 nitrogen and oxygen atoms in total. The summed E-state index contributed by atoms with van der Waals surface area (Å²) in [5.41, 5.74) is 0.427. The molecule has 1 aromatic heterocycles. The molecule has 1 aliphatic rings. The van der Waals surface area contributed by atoms with Gasteiger partial charge < -0.3 is 4.90 Å². The molecule has 3 rings (SSSR count). The number of likely N-dealkylation sites (N-methyl/N-ethyl adjacent to an activating group) is 1. The van der Waals surface area contributed by atoms with Crippen LogP contribution in [0.4, 0.5) is 0 Å². The minimum absolute atomic E-state index is 0.0980. The number of carbonyl (C=O) groups is 1. The summed E-state index contributed by atoms with van der Waals surface area (Å²) in [5.74, 6) is -0.0980. The first kappa shape index (κ1) is 18.6. The molecule has 1 aliphatic heterocycles. The summed E-state index contributed by atoms with van der Waals surface area (Å²) in [4.78, 5) is 14.5. The van der Waals surface area contributed by atoms with E-state index in [1.54, 1.807) is 53.2 Å². The van der Waals surface area contributed by atoms with Gasteiger partial charge in [0, 0.05) is 44.1 Å². The molecule has 140 valence electrons. The first-order valence-electron chi connectivity index (χ1n) is 8.89. The second kappa shape index (κ2) is 8.01. The largest absolute Gasteiger partial charge is 0.339 e. The molecule has 0 aliphatic carbocycles. The van der Waals surface area contributed by atoms with E-state index < -0.39 is 10.0 Å². The predicted octanol–water partition coefficient (Wildman–Crippen LogP) is 1.83. The Morgan fingerprint density at radius 3 is 2.65 bits per heavy atom. The highest BCUT2D eigenvalue weighted by molar-refractivity contribution is 7.89. The van der Waals surface area contributed by atoms with Gasteiger partial charge in [-0.1, -0.05) is 13.0 Å². The van der Waals surface area contributed by atoms with Crippen LogP contribution in [-0.2, 0) is 16.6 Å². The zero-order valence-corrected chi connectivity index (χ0v) is 15.7. The number of hydrogen-bond donors (Lipinski definition) is 0. The lowest BCUT2D eigenvalue weighted by molar-refractivity contribution is 0.0792. The summed E-state index contributed by atoms with van der Waals surface area (Å²) in [7, 11) is -3.66. The number of benzene rings is 1. The minimum atomic E-state index is -3.66. The third-order valence-corrected chi connectivity index (χ3v) is 6.57. The molecule has 1 aromatic carbocycles. The summed E-state index contributed by atoms with van der Waals surface area (Å²) < 4.78 is 29.1. The van der Waals surface area contributed by atoms with Crippen molar-refractivity contribution in [1.29, 1.82) is 0 Å². The monoisotopic (exact) mass is 376 g/mol. The molecule has 26 heavy (non-hydrogen) atoms. The normalized spacial score (nSPS) is 14.9. The Hall–Kier alpha value is -2.19. The van der Waals surface area contributed by atoms with Crippen molar-refractivity contribution in [3.8, 4) is 0 Å². The van der Waals surface area contributed by atoms with E-state index in [1.807, 2.05) is 0 Å². The van der Waals surface area contributed by atoms with Crippen molar-refractivity contribution >= 4 is 15.9 Å². The lowest BCUT2D eigenvalue weighted by atomic mass is 10.2. The molecule has 0 bridgehead atoms. The van der Waals surface area contributed by atoms with Crippen molar-refractivity contribution in [3.63, 3.8) is 0 Å². The quantitative estimate of drug-likeness (QED) is 0.739. The Bertz CT molecular complexity index is 843. The van der Waals surface area contributed by atoms with Gasteiger partial charge in [-0.2, -0.15) is 9.40 Å². The van der Waals surface area contributed by atoms with E-state index >= 15 is 0 Å². The van der Waals surface area contributed by atoms with E-state index in [4.69, 9.17) is 0 Å². The maximum atomic E-state index is 13.0. The third kappa shape index (κ3) is 3.96. The first-order chi connectivity index (χ1) is 12.5. The van der Waals surface area contributed by atoms with E-state index in [-0.39, 0.29) is 10.8 Å². The molecule has 0 unspecified atom stereocenters. The van der Waals surface area contributed by atoms with Crippen molar-refractivity contribution in [3.05, 3.63) is 48.3 Å². The van der Waals surface area contributed by atoms with Gasteiger partial charge in [-0.3, -0.25) is 9.48 Å². The molecule has 0 radical (unpaired) electrons. The smallest absolute Gasteiger partial charge is 0.253 e. The van der Waals surface area contributed by atoms with Crippen LogP contribution in [0.2, 0.25) is 0 Å². The maximum Gasteiger partial charge on any atom is 0.253 e. The van der Waals surface area contributed by atoms with Crippen molar-refractivity contribution in [1.82, 2.24) is 19.0 Å². The molecule has 1 saturated heterocycles. The Morgan fingerprint density at radius 2 is 2.00 bits per heavy atom. The lowest BCUT2D eigenvalue weighted by Crippen LogP contribution is -2.34. The molecule has 0 N–H and O–H groups in total. The number of carbonyl (C=O) groups excluding carboxylic acids is 1. The SMILES string of the molecule is CCN(CCn1cccn1)S(=O)(=O)c1cccc(C(=O)N2CCCC2)c1. The van der Waals surface area contributed by atoms with Gasteiger partial charge in [0.1, 0.15) is 0 Å². The fourth-order valence-electron chi connectivity index (χ4n) is 3.14. The van der Waals surface area contributed by atoms with Gasteiger partial charge in [0.2, 0.25) is 10.0 Å². The summed E-state index contributed by atoms with van der Waals surface area (Å²) in [6.07, 6.45) is 5.47. The van der Waals surface area contributed by atoms with Crippen LogP contribution >= 0.6 is 0 Å². The van der Waals surface area contributed by atoms with Crippen molar-refractivity contribution in [2.75, 3.05) is 26.2 Å². The maximum absolute atomic E-state index is 13.0. The molecular weight excluding hydrogens is 352 g/mol. The number of likely N-dealkylation sites (tertiary alicyclic amines) is 1. The highest BCUT2D eigenvalue weighted by Crippen LogP contribution is 2.19. The number of rotatable bonds is 7.